The number of hydrogen-bond donors (Lipinski definition) is 0. The van der Waals surface area contributed by atoms with E-state index in [4.69, 9.17) is 4.74 Å². The molecule has 1 atom stereocenters. The number of halogens is 2. The fraction of sp³-hybridized carbons (Fsp3) is 0.909. The van der Waals surface area contributed by atoms with Crippen LogP contribution >= 0.6 is 11.8 Å². The lowest BCUT2D eigenvalue weighted by atomic mass is 10.2. The monoisotopic (exact) mass is 254 g/mol. The first-order chi connectivity index (χ1) is 7.61. The zero-order chi connectivity index (χ0) is 12.4. The molecule has 0 amide bonds. The number of carbonyl (C=O) groups excluding carboxylic acids is 1. The fourth-order valence-electron chi connectivity index (χ4n) is 1.13. The second-order valence-electron chi connectivity index (χ2n) is 3.50. The summed E-state index contributed by atoms with van der Waals surface area (Å²) in [5.41, 5.74) is 0. The highest BCUT2D eigenvalue weighted by Gasteiger charge is 2.19. The average molecular weight is 254 g/mol. The second-order valence-corrected chi connectivity index (χ2v) is 4.81. The molecule has 0 spiro atoms. The van der Waals surface area contributed by atoms with Gasteiger partial charge in [0.25, 0.3) is 0 Å². The number of ether oxygens (including phenoxy) is 1. The van der Waals surface area contributed by atoms with Crippen LogP contribution in [-0.4, -0.2) is 30.0 Å². The highest BCUT2D eigenvalue weighted by molar-refractivity contribution is 8.00. The minimum atomic E-state index is -2.29. The van der Waals surface area contributed by atoms with Gasteiger partial charge < -0.3 is 4.74 Å². The third kappa shape index (κ3) is 7.91. The Morgan fingerprint density at radius 1 is 1.25 bits per heavy atom. The van der Waals surface area contributed by atoms with E-state index in [1.165, 1.54) is 11.8 Å². The first-order valence-corrected chi connectivity index (χ1v) is 6.73. The zero-order valence-corrected chi connectivity index (χ0v) is 10.7. The van der Waals surface area contributed by atoms with Gasteiger partial charge in [0, 0.05) is 6.42 Å². The van der Waals surface area contributed by atoms with E-state index in [0.717, 1.165) is 12.8 Å². The van der Waals surface area contributed by atoms with E-state index in [9.17, 15) is 13.6 Å². The molecule has 0 saturated heterocycles. The van der Waals surface area contributed by atoms with E-state index in [2.05, 4.69) is 0 Å². The molecule has 5 heteroatoms. The molecular formula is C11H20F2O2S. The summed E-state index contributed by atoms with van der Waals surface area (Å²) < 4.78 is 28.9. The molecule has 96 valence electrons. The summed E-state index contributed by atoms with van der Waals surface area (Å²) >= 11 is 1.28. The van der Waals surface area contributed by atoms with Crippen molar-refractivity contribution in [3.05, 3.63) is 0 Å². The standard InChI is InChI=1S/C11H20F2O2S/c1-3-5-9(11(14)15-7-4-2)16-8-6-10(12)13/h9-10H,3-8H2,1-2H3. The van der Waals surface area contributed by atoms with Crippen LogP contribution in [0.5, 0.6) is 0 Å². The van der Waals surface area contributed by atoms with E-state index in [1.54, 1.807) is 0 Å². The summed E-state index contributed by atoms with van der Waals surface area (Å²) in [4.78, 5) is 11.5. The van der Waals surface area contributed by atoms with Crippen LogP contribution in [0.4, 0.5) is 8.78 Å². The summed E-state index contributed by atoms with van der Waals surface area (Å²) in [6.45, 7) is 4.30. The van der Waals surface area contributed by atoms with Gasteiger partial charge in [0.2, 0.25) is 6.43 Å². The van der Waals surface area contributed by atoms with E-state index < -0.39 is 6.43 Å². The Balaban J connectivity index is 3.89. The van der Waals surface area contributed by atoms with Crippen molar-refractivity contribution in [1.29, 1.82) is 0 Å². The van der Waals surface area contributed by atoms with Crippen molar-refractivity contribution in [2.75, 3.05) is 12.4 Å². The predicted octanol–water partition coefficient (Wildman–Crippen LogP) is 3.50. The topological polar surface area (TPSA) is 26.3 Å². The maximum absolute atomic E-state index is 11.9. The molecule has 0 aliphatic heterocycles. The molecule has 0 radical (unpaired) electrons. The quantitative estimate of drug-likeness (QED) is 0.589. The molecule has 2 nitrogen and oxygen atoms in total. The molecule has 0 aromatic carbocycles. The Bertz CT molecular complexity index is 189. The molecule has 0 rings (SSSR count). The SMILES string of the molecule is CCCOC(=O)C(CCC)SCCC(F)F. The van der Waals surface area contributed by atoms with Crippen molar-refractivity contribution >= 4 is 17.7 Å². The Hall–Kier alpha value is -0.320. The molecule has 0 heterocycles. The van der Waals surface area contributed by atoms with Gasteiger partial charge in [-0.15, -0.1) is 11.8 Å². The minimum absolute atomic E-state index is 0.161. The van der Waals surface area contributed by atoms with Gasteiger partial charge in [0.05, 0.1) is 6.61 Å². The van der Waals surface area contributed by atoms with Gasteiger partial charge in [-0.3, -0.25) is 4.79 Å². The van der Waals surface area contributed by atoms with Crippen LogP contribution in [0.2, 0.25) is 0 Å². The third-order valence-electron chi connectivity index (χ3n) is 1.92. The Labute approximate surface area is 100 Å². The molecule has 0 bridgehead atoms. The average Bonchev–Trinajstić information content (AvgIpc) is 2.24. The van der Waals surface area contributed by atoms with Crippen LogP contribution in [0, 0.1) is 0 Å². The molecule has 1 unspecified atom stereocenters. The van der Waals surface area contributed by atoms with E-state index in [0.29, 0.717) is 18.8 Å². The molecule has 0 aromatic heterocycles. The molecule has 0 aromatic rings. The first kappa shape index (κ1) is 15.7. The predicted molar refractivity (Wildman–Crippen MR) is 63.0 cm³/mol. The third-order valence-corrected chi connectivity index (χ3v) is 3.22. The van der Waals surface area contributed by atoms with E-state index in [1.807, 2.05) is 13.8 Å². The summed E-state index contributed by atoms with van der Waals surface area (Å²) in [7, 11) is 0. The van der Waals surface area contributed by atoms with E-state index in [-0.39, 0.29) is 17.6 Å². The summed E-state index contributed by atoms with van der Waals surface area (Å²) in [6, 6.07) is 0. The van der Waals surface area contributed by atoms with Gasteiger partial charge in [-0.05, 0) is 18.6 Å². The lowest BCUT2D eigenvalue weighted by Gasteiger charge is -2.14. The maximum Gasteiger partial charge on any atom is 0.319 e. The van der Waals surface area contributed by atoms with Crippen molar-refractivity contribution in [2.45, 2.75) is 51.2 Å². The van der Waals surface area contributed by atoms with Gasteiger partial charge in [-0.2, -0.15) is 0 Å². The maximum atomic E-state index is 11.9. The summed E-state index contributed by atoms with van der Waals surface area (Å²) in [5, 5.41) is -0.282. The Morgan fingerprint density at radius 2 is 1.94 bits per heavy atom. The van der Waals surface area contributed by atoms with Crippen LogP contribution in [0.3, 0.4) is 0 Å². The smallest absolute Gasteiger partial charge is 0.319 e. The lowest BCUT2D eigenvalue weighted by Crippen LogP contribution is -2.21. The molecule has 0 aliphatic rings. The fourth-order valence-corrected chi connectivity index (χ4v) is 2.33. The summed E-state index contributed by atoms with van der Waals surface area (Å²) in [5.74, 6) is 0.0479. The normalized spacial score (nSPS) is 12.8. The molecule has 16 heavy (non-hydrogen) atoms. The largest absolute Gasteiger partial charge is 0.465 e. The van der Waals surface area contributed by atoms with Crippen LogP contribution in [0.25, 0.3) is 0 Å². The highest BCUT2D eigenvalue weighted by atomic mass is 32.2. The lowest BCUT2D eigenvalue weighted by molar-refractivity contribution is -0.143. The summed E-state index contributed by atoms with van der Waals surface area (Å²) in [6.07, 6.45) is -0.121. The van der Waals surface area contributed by atoms with Crippen molar-refractivity contribution in [3.63, 3.8) is 0 Å². The van der Waals surface area contributed by atoms with Gasteiger partial charge >= 0.3 is 5.97 Å². The van der Waals surface area contributed by atoms with Crippen molar-refractivity contribution in [1.82, 2.24) is 0 Å². The number of alkyl halides is 2. The van der Waals surface area contributed by atoms with Gasteiger partial charge in [0.1, 0.15) is 5.25 Å². The molecular weight excluding hydrogens is 234 g/mol. The molecule has 0 saturated carbocycles. The highest BCUT2D eigenvalue weighted by Crippen LogP contribution is 2.20. The van der Waals surface area contributed by atoms with Crippen LogP contribution in [0.1, 0.15) is 39.5 Å². The number of rotatable bonds is 9. The molecule has 0 aliphatic carbocycles. The van der Waals surface area contributed by atoms with Crippen molar-refractivity contribution in [2.24, 2.45) is 0 Å². The van der Waals surface area contributed by atoms with Crippen LogP contribution in [0.15, 0.2) is 0 Å². The van der Waals surface area contributed by atoms with E-state index >= 15 is 0 Å². The number of carbonyl (C=O) groups is 1. The van der Waals surface area contributed by atoms with Gasteiger partial charge in [0.15, 0.2) is 0 Å². The molecule has 0 fully saturated rings. The minimum Gasteiger partial charge on any atom is -0.465 e. The zero-order valence-electron chi connectivity index (χ0n) is 9.88. The Kier molecular flexibility index (Phi) is 9.68. The molecule has 0 N–H and O–H groups in total. The number of hydrogen-bond acceptors (Lipinski definition) is 3. The van der Waals surface area contributed by atoms with Gasteiger partial charge in [-0.25, -0.2) is 8.78 Å². The van der Waals surface area contributed by atoms with Gasteiger partial charge in [-0.1, -0.05) is 20.3 Å². The first-order valence-electron chi connectivity index (χ1n) is 5.68. The second kappa shape index (κ2) is 9.87. The number of esters is 1. The van der Waals surface area contributed by atoms with Crippen molar-refractivity contribution < 1.29 is 18.3 Å². The Morgan fingerprint density at radius 3 is 2.44 bits per heavy atom. The number of thioether (sulfide) groups is 1. The van der Waals surface area contributed by atoms with Crippen LogP contribution < -0.4 is 0 Å². The van der Waals surface area contributed by atoms with Crippen molar-refractivity contribution in [3.8, 4) is 0 Å². The van der Waals surface area contributed by atoms with Crippen LogP contribution in [-0.2, 0) is 9.53 Å².